The largest absolute Gasteiger partial charge is 0.508 e. The van der Waals surface area contributed by atoms with E-state index < -0.39 is 0 Å². The van der Waals surface area contributed by atoms with E-state index in [4.69, 9.17) is 4.74 Å². The zero-order valence-corrected chi connectivity index (χ0v) is 11.8. The molecule has 0 unspecified atom stereocenters. The summed E-state index contributed by atoms with van der Waals surface area (Å²) in [6.07, 6.45) is 2.21. The molecule has 1 aliphatic rings. The van der Waals surface area contributed by atoms with E-state index in [9.17, 15) is 5.11 Å². The van der Waals surface area contributed by atoms with Crippen LogP contribution in [0.4, 0.5) is 0 Å². The van der Waals surface area contributed by atoms with E-state index in [-0.39, 0.29) is 5.75 Å². The Balaban J connectivity index is 1.92. The summed E-state index contributed by atoms with van der Waals surface area (Å²) in [6.45, 7) is 8.46. The van der Waals surface area contributed by atoms with Crippen LogP contribution in [0.3, 0.4) is 0 Å². The number of piperazine rings is 1. The lowest BCUT2D eigenvalue weighted by atomic mass is 10.1. The Bertz CT molecular complexity index is 401. The van der Waals surface area contributed by atoms with Gasteiger partial charge < -0.3 is 14.7 Å². The third kappa shape index (κ3) is 3.85. The second-order valence-electron chi connectivity index (χ2n) is 4.98. The van der Waals surface area contributed by atoms with Crippen molar-refractivity contribution in [1.29, 1.82) is 0 Å². The molecule has 105 valence electrons. The van der Waals surface area contributed by atoms with E-state index in [1.165, 1.54) is 0 Å². The number of phenolic OH excluding ortho intramolecular Hbond substituents is 1. The van der Waals surface area contributed by atoms with E-state index in [1.54, 1.807) is 19.2 Å². The molecule has 1 heterocycles. The van der Waals surface area contributed by atoms with E-state index in [1.807, 2.05) is 6.07 Å². The van der Waals surface area contributed by atoms with Crippen molar-refractivity contribution in [3.63, 3.8) is 0 Å². The predicted octanol–water partition coefficient (Wildman–Crippen LogP) is 1.74. The molecule has 1 N–H and O–H groups in total. The minimum absolute atomic E-state index is 0.254. The Morgan fingerprint density at radius 2 is 1.89 bits per heavy atom. The quantitative estimate of drug-likeness (QED) is 0.878. The van der Waals surface area contributed by atoms with E-state index >= 15 is 0 Å². The molecular formula is C15H23N2O2. The van der Waals surface area contributed by atoms with Crippen LogP contribution in [-0.2, 0) is 6.54 Å². The maximum Gasteiger partial charge on any atom is 0.127 e. The lowest BCUT2D eigenvalue weighted by Crippen LogP contribution is -2.46. The van der Waals surface area contributed by atoms with E-state index in [0.29, 0.717) is 0 Å². The number of hydrogen-bond donors (Lipinski definition) is 1. The van der Waals surface area contributed by atoms with Crippen molar-refractivity contribution >= 4 is 0 Å². The number of methoxy groups -OCH3 is 1. The normalized spacial score (nSPS) is 17.6. The number of hydrogen-bond acceptors (Lipinski definition) is 4. The topological polar surface area (TPSA) is 35.9 Å². The molecule has 4 nitrogen and oxygen atoms in total. The minimum Gasteiger partial charge on any atom is -0.508 e. The Hall–Kier alpha value is -1.26. The van der Waals surface area contributed by atoms with Crippen LogP contribution in [0.2, 0.25) is 0 Å². The van der Waals surface area contributed by atoms with Crippen molar-refractivity contribution in [2.24, 2.45) is 0 Å². The smallest absolute Gasteiger partial charge is 0.127 e. The molecule has 0 aliphatic carbocycles. The van der Waals surface area contributed by atoms with Gasteiger partial charge in [0.1, 0.15) is 11.5 Å². The first-order valence-corrected chi connectivity index (χ1v) is 6.81. The van der Waals surface area contributed by atoms with Crippen molar-refractivity contribution in [2.75, 3.05) is 39.8 Å². The third-order valence-electron chi connectivity index (χ3n) is 3.57. The van der Waals surface area contributed by atoms with Gasteiger partial charge in [-0.25, -0.2) is 0 Å². The number of nitrogens with zero attached hydrogens (tertiary/aromatic N) is 2. The molecule has 1 saturated heterocycles. The predicted molar refractivity (Wildman–Crippen MR) is 76.3 cm³/mol. The standard InChI is InChI=1S/C15H23N2O2/c1-3-6-16-7-9-17(10-8-16)12-13-4-5-14(18)11-15(13)19-2/h3-5,11,18H,6-10,12H2,1-2H3. The molecule has 1 aromatic carbocycles. The lowest BCUT2D eigenvalue weighted by Gasteiger charge is -2.34. The number of phenols is 1. The first kappa shape index (κ1) is 14.2. The highest BCUT2D eigenvalue weighted by Gasteiger charge is 2.17. The fourth-order valence-electron chi connectivity index (χ4n) is 2.49. The van der Waals surface area contributed by atoms with Crippen LogP contribution in [0.15, 0.2) is 18.2 Å². The summed E-state index contributed by atoms with van der Waals surface area (Å²) in [5.74, 6) is 1.02. The highest BCUT2D eigenvalue weighted by molar-refractivity contribution is 5.40. The molecule has 0 amide bonds. The maximum atomic E-state index is 9.46. The van der Waals surface area contributed by atoms with Gasteiger partial charge in [-0.1, -0.05) is 13.0 Å². The Morgan fingerprint density at radius 1 is 1.21 bits per heavy atom. The van der Waals surface area contributed by atoms with Crippen molar-refractivity contribution in [3.8, 4) is 11.5 Å². The van der Waals surface area contributed by atoms with Crippen LogP contribution >= 0.6 is 0 Å². The van der Waals surface area contributed by atoms with Gasteiger partial charge in [0.2, 0.25) is 0 Å². The number of aromatic hydroxyl groups is 1. The highest BCUT2D eigenvalue weighted by atomic mass is 16.5. The summed E-state index contributed by atoms with van der Waals surface area (Å²) in [5.41, 5.74) is 1.14. The van der Waals surface area contributed by atoms with Crippen molar-refractivity contribution in [3.05, 3.63) is 30.2 Å². The van der Waals surface area contributed by atoms with Crippen LogP contribution < -0.4 is 4.74 Å². The van der Waals surface area contributed by atoms with Gasteiger partial charge in [-0.2, -0.15) is 0 Å². The first-order chi connectivity index (χ1) is 9.22. The maximum absolute atomic E-state index is 9.46. The average molecular weight is 263 g/mol. The Morgan fingerprint density at radius 3 is 2.53 bits per heavy atom. The summed E-state index contributed by atoms with van der Waals surface area (Å²) in [7, 11) is 1.65. The molecule has 1 aliphatic heterocycles. The highest BCUT2D eigenvalue weighted by Crippen LogP contribution is 2.25. The van der Waals surface area contributed by atoms with Crippen LogP contribution in [0, 0.1) is 6.42 Å². The average Bonchev–Trinajstić information content (AvgIpc) is 2.43. The number of ether oxygens (including phenoxy) is 1. The molecule has 0 saturated carbocycles. The van der Waals surface area contributed by atoms with Crippen LogP contribution in [0.5, 0.6) is 11.5 Å². The van der Waals surface area contributed by atoms with Gasteiger partial charge in [0.05, 0.1) is 7.11 Å². The van der Waals surface area contributed by atoms with Crippen LogP contribution in [-0.4, -0.2) is 54.7 Å². The van der Waals surface area contributed by atoms with E-state index in [0.717, 1.165) is 50.6 Å². The van der Waals surface area contributed by atoms with Crippen molar-refractivity contribution in [2.45, 2.75) is 13.5 Å². The zero-order chi connectivity index (χ0) is 13.7. The SMILES string of the molecule is C[CH]CN1CCN(Cc2ccc(O)cc2OC)CC1. The fourth-order valence-corrected chi connectivity index (χ4v) is 2.49. The Kier molecular flexibility index (Phi) is 5.05. The molecule has 0 atom stereocenters. The molecule has 1 radical (unpaired) electrons. The molecule has 1 aromatic rings. The number of benzene rings is 1. The fraction of sp³-hybridized carbons (Fsp3) is 0.533. The molecular weight excluding hydrogens is 240 g/mol. The summed E-state index contributed by atoms with van der Waals surface area (Å²) in [5, 5.41) is 9.46. The van der Waals surface area contributed by atoms with Crippen LogP contribution in [0.25, 0.3) is 0 Å². The minimum atomic E-state index is 0.254. The second-order valence-corrected chi connectivity index (χ2v) is 4.98. The summed E-state index contributed by atoms with van der Waals surface area (Å²) >= 11 is 0. The van der Waals surface area contributed by atoms with Gasteiger partial charge in [-0.15, -0.1) is 0 Å². The van der Waals surface area contributed by atoms with Gasteiger partial charge in [-0.3, -0.25) is 4.90 Å². The van der Waals surface area contributed by atoms with Crippen LogP contribution in [0.1, 0.15) is 12.5 Å². The van der Waals surface area contributed by atoms with Gasteiger partial charge >= 0.3 is 0 Å². The van der Waals surface area contributed by atoms with Crippen molar-refractivity contribution in [1.82, 2.24) is 9.80 Å². The monoisotopic (exact) mass is 263 g/mol. The molecule has 2 rings (SSSR count). The molecule has 1 fully saturated rings. The summed E-state index contributed by atoms with van der Waals surface area (Å²) < 4.78 is 5.33. The zero-order valence-electron chi connectivity index (χ0n) is 11.8. The first-order valence-electron chi connectivity index (χ1n) is 6.81. The molecule has 19 heavy (non-hydrogen) atoms. The lowest BCUT2D eigenvalue weighted by molar-refractivity contribution is 0.133. The molecule has 4 heteroatoms. The number of rotatable bonds is 5. The second kappa shape index (κ2) is 6.78. The third-order valence-corrected chi connectivity index (χ3v) is 3.57. The van der Waals surface area contributed by atoms with Gasteiger partial charge in [0.15, 0.2) is 0 Å². The van der Waals surface area contributed by atoms with Crippen molar-refractivity contribution < 1.29 is 9.84 Å². The molecule has 0 aromatic heterocycles. The molecule has 0 spiro atoms. The summed E-state index contributed by atoms with van der Waals surface area (Å²) in [4.78, 5) is 4.89. The van der Waals surface area contributed by atoms with Gasteiger partial charge in [0.25, 0.3) is 0 Å². The summed E-state index contributed by atoms with van der Waals surface area (Å²) in [6, 6.07) is 5.35. The van der Waals surface area contributed by atoms with E-state index in [2.05, 4.69) is 23.1 Å². The van der Waals surface area contributed by atoms with Gasteiger partial charge in [-0.05, 0) is 12.5 Å². The Labute approximate surface area is 115 Å². The molecule has 0 bridgehead atoms. The van der Waals surface area contributed by atoms with Gasteiger partial charge in [0, 0.05) is 50.9 Å².